The Balaban J connectivity index is 1.44. The molecule has 6 aromatic rings. The fourth-order valence-electron chi connectivity index (χ4n) is 20.9. The summed E-state index contributed by atoms with van der Waals surface area (Å²) in [6.07, 6.45) is 72.0. The number of unbranched alkanes of at least 4 members (excludes halogenated alkanes) is 60. The van der Waals surface area contributed by atoms with Gasteiger partial charge in [-0.05, 0) is 147 Å². The van der Waals surface area contributed by atoms with Gasteiger partial charge < -0.3 is 29.5 Å². The van der Waals surface area contributed by atoms with Crippen molar-refractivity contribution in [3.05, 3.63) is 212 Å². The van der Waals surface area contributed by atoms with E-state index in [9.17, 15) is 15.3 Å². The van der Waals surface area contributed by atoms with E-state index in [2.05, 4.69) is 41.5 Å². The zero-order valence-corrected chi connectivity index (χ0v) is 88.0. The number of ketones is 3. The molecule has 1 saturated carbocycles. The lowest BCUT2D eigenvalue weighted by Gasteiger charge is -2.60. The highest BCUT2D eigenvalue weighted by molar-refractivity contribution is 6.21. The van der Waals surface area contributed by atoms with Crippen LogP contribution in [-0.4, -0.2) is 85.7 Å². The minimum absolute atomic E-state index is 0.164. The summed E-state index contributed by atoms with van der Waals surface area (Å²) in [5.41, 5.74) is -7.92. The standard InChI is InChI=1S/C126H192O12/c1-7-13-19-25-31-37-43-49-55-61-67-73-103-79-91-109(92-80-103)116(128)124(136-121(133)112-97-85-106(86-98-112)76-70-64-58-52-46-40-34-28-22-16-10-4)119(131)115(127)120(132)125(117(129)110-93-81-104(82-94-110)74-68-62-56-50-44-38-32-26-20-14-8-2,137-122(134)113-99-87-107(88-100-113)77-71-65-59-53-47-41-35-29-23-17-11-5)126(124,118(130)111-95-83-105(84-96-111)75-69-63-57-51-45-39-33-27-21-15-9-3)138-123(135)114-101-89-108(90-102-114)78-72-66-60-54-48-42-36-30-24-18-12-6/h79-102,115,119-120,127,131-132H,7-78H2,1-6H3/t115?,119-,120+,124+,125-,126?. The molecular formula is C126H192O12. The highest BCUT2D eigenvalue weighted by atomic mass is 16.7. The first-order chi connectivity index (χ1) is 67.6. The van der Waals surface area contributed by atoms with Crippen molar-refractivity contribution in [1.82, 2.24) is 0 Å². The Morgan fingerprint density at radius 3 is 0.493 bits per heavy atom. The number of aliphatic hydroxyl groups excluding tert-OH is 3. The first-order valence-corrected chi connectivity index (χ1v) is 57.5. The molecule has 1 fully saturated rings. The van der Waals surface area contributed by atoms with E-state index in [1.54, 1.807) is 72.8 Å². The van der Waals surface area contributed by atoms with Crippen LogP contribution in [0.2, 0.25) is 0 Å². The molecule has 0 aliphatic heterocycles. The number of Topliss-reactive ketones (excluding diaryl/α,β-unsaturated/α-hetero) is 3. The van der Waals surface area contributed by atoms with E-state index in [0.717, 1.165) is 187 Å². The van der Waals surface area contributed by atoms with Crippen LogP contribution in [0.1, 0.15) is 561 Å². The third-order valence-corrected chi connectivity index (χ3v) is 29.9. The number of aryl methyl sites for hydroxylation is 6. The van der Waals surface area contributed by atoms with Gasteiger partial charge >= 0.3 is 17.9 Å². The van der Waals surface area contributed by atoms with Crippen LogP contribution in [-0.2, 0) is 52.7 Å². The molecule has 2 unspecified atom stereocenters. The number of ether oxygens (including phenoxy) is 3. The Morgan fingerprint density at radius 1 is 0.188 bits per heavy atom. The number of carbonyl (C=O) groups is 6. The molecule has 0 heterocycles. The Labute approximate surface area is 839 Å². The van der Waals surface area contributed by atoms with E-state index in [-0.39, 0.29) is 33.4 Å². The SMILES string of the molecule is CCCCCCCCCCCCCc1ccc(C(=O)OC2(C(=O)c3ccc(CCCCCCCCCCCCC)cc3)[C@@](OC(=O)c3ccc(CCCCCCCCCCCCC)cc3)(C(=O)c3ccc(CCCCCCCCCCCCC)cc3)[C@@H](O)C(O)[C@@H](O)[C@@]2(OC(=O)c2ccc(CCCCCCCCCCCCC)cc2)C(=O)c2ccc(CCCCCCCCCCCCC)cc2)cc1. The molecule has 1 aliphatic rings. The Hall–Kier alpha value is -7.38. The van der Waals surface area contributed by atoms with E-state index in [1.165, 1.54) is 342 Å². The summed E-state index contributed by atoms with van der Waals surface area (Å²) in [4.78, 5) is 104. The van der Waals surface area contributed by atoms with Crippen LogP contribution in [0.5, 0.6) is 0 Å². The van der Waals surface area contributed by atoms with Gasteiger partial charge in [0.25, 0.3) is 16.8 Å². The van der Waals surface area contributed by atoms with Crippen molar-refractivity contribution in [2.45, 2.75) is 539 Å². The van der Waals surface area contributed by atoms with Gasteiger partial charge in [0.05, 0.1) is 16.7 Å². The molecule has 0 aromatic heterocycles. The van der Waals surface area contributed by atoms with Crippen LogP contribution in [0.25, 0.3) is 0 Å². The average Bonchev–Trinajstić information content (AvgIpc) is 0.656. The third kappa shape index (κ3) is 41.2. The van der Waals surface area contributed by atoms with Crippen molar-refractivity contribution >= 4 is 35.3 Å². The van der Waals surface area contributed by atoms with Gasteiger partial charge in [-0.15, -0.1) is 0 Å². The van der Waals surface area contributed by atoms with Crippen LogP contribution in [0, 0.1) is 0 Å². The van der Waals surface area contributed by atoms with E-state index in [0.29, 0.717) is 38.5 Å². The number of hydrogen-bond donors (Lipinski definition) is 3. The van der Waals surface area contributed by atoms with Gasteiger partial charge in [-0.1, -0.05) is 536 Å². The monoisotopic (exact) mass is 1900 g/mol. The van der Waals surface area contributed by atoms with Crippen molar-refractivity contribution < 1.29 is 58.3 Å². The topological polar surface area (TPSA) is 191 Å². The number of aliphatic hydroxyl groups is 3. The van der Waals surface area contributed by atoms with Gasteiger partial charge in [-0.2, -0.15) is 0 Å². The Kier molecular flexibility index (Phi) is 61.3. The van der Waals surface area contributed by atoms with Crippen LogP contribution in [0.4, 0.5) is 0 Å². The first kappa shape index (κ1) is 118. The Bertz CT molecular complexity index is 3980. The second-order valence-electron chi connectivity index (χ2n) is 41.6. The normalized spacial score (nSPS) is 17.0. The molecule has 138 heavy (non-hydrogen) atoms. The maximum atomic E-state index is 18.3. The molecule has 0 saturated heterocycles. The van der Waals surface area contributed by atoms with Gasteiger partial charge in [0, 0.05) is 16.7 Å². The van der Waals surface area contributed by atoms with Crippen molar-refractivity contribution in [3.8, 4) is 0 Å². The maximum absolute atomic E-state index is 18.3. The summed E-state index contributed by atoms with van der Waals surface area (Å²) >= 11 is 0. The van der Waals surface area contributed by atoms with Gasteiger partial charge in [0.1, 0.15) is 18.3 Å². The minimum atomic E-state index is -4.04. The number of rotatable bonds is 84. The lowest BCUT2D eigenvalue weighted by atomic mass is 9.52. The second kappa shape index (κ2) is 72.0. The fourth-order valence-corrected chi connectivity index (χ4v) is 20.9. The molecule has 12 heteroatoms. The largest absolute Gasteiger partial charge is 0.439 e. The van der Waals surface area contributed by atoms with Crippen LogP contribution in [0.15, 0.2) is 146 Å². The lowest BCUT2D eigenvalue weighted by molar-refractivity contribution is -0.293. The number of hydrogen-bond acceptors (Lipinski definition) is 12. The molecule has 0 bridgehead atoms. The molecule has 0 radical (unpaired) electrons. The quantitative estimate of drug-likeness (QED) is 0.0142. The highest BCUT2D eigenvalue weighted by Gasteiger charge is 2.88. The second-order valence-corrected chi connectivity index (χ2v) is 41.6. The van der Waals surface area contributed by atoms with Crippen molar-refractivity contribution in [2.75, 3.05) is 0 Å². The fraction of sp³-hybridized carbons (Fsp3) is 0.667. The predicted molar refractivity (Wildman–Crippen MR) is 575 cm³/mol. The third-order valence-electron chi connectivity index (χ3n) is 29.9. The molecule has 0 amide bonds. The molecular weight excluding hydrogens is 1710 g/mol. The molecule has 3 N–H and O–H groups in total. The van der Waals surface area contributed by atoms with Gasteiger partial charge in [0.15, 0.2) is 0 Å². The molecule has 1 aliphatic carbocycles. The minimum Gasteiger partial charge on any atom is -0.439 e. The van der Waals surface area contributed by atoms with E-state index >= 15 is 28.8 Å². The first-order valence-electron chi connectivity index (χ1n) is 57.5. The predicted octanol–water partition coefficient (Wildman–Crippen LogP) is 34.6. The summed E-state index contributed by atoms with van der Waals surface area (Å²) in [6.45, 7) is 13.5. The summed E-state index contributed by atoms with van der Waals surface area (Å²) in [6, 6.07) is 39.5. The highest BCUT2D eigenvalue weighted by Crippen LogP contribution is 2.57. The lowest BCUT2D eigenvalue weighted by Crippen LogP contribution is -2.91. The van der Waals surface area contributed by atoms with Crippen molar-refractivity contribution in [3.63, 3.8) is 0 Å². The summed E-state index contributed by atoms with van der Waals surface area (Å²) in [7, 11) is 0. The van der Waals surface area contributed by atoms with Gasteiger partial charge in [0.2, 0.25) is 17.3 Å². The van der Waals surface area contributed by atoms with Crippen LogP contribution < -0.4 is 0 Å². The molecule has 768 valence electrons. The van der Waals surface area contributed by atoms with E-state index < -0.39 is 70.4 Å². The van der Waals surface area contributed by atoms with Crippen LogP contribution in [0.3, 0.4) is 0 Å². The zero-order chi connectivity index (χ0) is 98.6. The summed E-state index contributed by atoms with van der Waals surface area (Å²) in [5, 5.41) is 42.0. The molecule has 6 atom stereocenters. The molecule has 0 spiro atoms. The van der Waals surface area contributed by atoms with Crippen molar-refractivity contribution in [1.29, 1.82) is 0 Å². The van der Waals surface area contributed by atoms with E-state index in [1.807, 2.05) is 0 Å². The smallest absolute Gasteiger partial charge is 0.339 e. The average molecular weight is 1900 g/mol. The summed E-state index contributed by atoms with van der Waals surface area (Å²) < 4.78 is 21.4. The van der Waals surface area contributed by atoms with Gasteiger partial charge in [-0.3, -0.25) is 14.4 Å². The summed E-state index contributed by atoms with van der Waals surface area (Å²) in [5.74, 6) is -8.22. The zero-order valence-electron chi connectivity index (χ0n) is 88.0. The number of esters is 3. The van der Waals surface area contributed by atoms with Crippen molar-refractivity contribution in [2.24, 2.45) is 0 Å². The number of benzene rings is 6. The number of carbonyl (C=O) groups excluding carboxylic acids is 6. The molecule has 12 nitrogen and oxygen atoms in total. The molecule has 7 rings (SSSR count). The van der Waals surface area contributed by atoms with E-state index in [4.69, 9.17) is 14.2 Å². The Morgan fingerprint density at radius 2 is 0.326 bits per heavy atom. The van der Waals surface area contributed by atoms with Gasteiger partial charge in [-0.25, -0.2) is 14.4 Å². The van der Waals surface area contributed by atoms with Crippen LogP contribution >= 0.6 is 0 Å². The molecule has 6 aromatic carbocycles. The maximum Gasteiger partial charge on any atom is 0.339 e.